The van der Waals surface area contributed by atoms with Crippen molar-refractivity contribution in [3.05, 3.63) is 77.9 Å². The normalized spacial score (nSPS) is 13.6. The van der Waals surface area contributed by atoms with Crippen LogP contribution >= 0.6 is 0 Å². The number of carbonyl (C=O) groups is 1. The fourth-order valence-electron chi connectivity index (χ4n) is 3.58. The van der Waals surface area contributed by atoms with E-state index in [1.54, 1.807) is 43.5 Å². The van der Waals surface area contributed by atoms with Gasteiger partial charge in [0.25, 0.3) is 15.9 Å². The molecule has 0 saturated heterocycles. The third-order valence-electron chi connectivity index (χ3n) is 5.60. The molecule has 34 heavy (non-hydrogen) atoms. The van der Waals surface area contributed by atoms with Crippen LogP contribution < -0.4 is 23.8 Å². The first-order valence-electron chi connectivity index (χ1n) is 10.7. The molecule has 8 nitrogen and oxygen atoms in total. The van der Waals surface area contributed by atoms with Gasteiger partial charge in [0.2, 0.25) is 0 Å². The monoisotopic (exact) mass is 482 g/mol. The second-order valence-electron chi connectivity index (χ2n) is 7.80. The molecule has 1 amide bonds. The molecule has 3 aromatic rings. The number of carbonyl (C=O) groups excluding carboxylic acids is 1. The minimum absolute atomic E-state index is 0.0189. The zero-order chi connectivity index (χ0) is 24.3. The standard InChI is InChI=1S/C25H26N2O6S/c1-17(18-7-12-23-24(16-18)33-14-13-32-23)26-25(28)19-5-4-6-22(15-19)34(29,30)27(2)20-8-10-21(31-3)11-9-20/h4-12,15-17H,13-14H2,1-3H3,(H,26,28). The Morgan fingerprint density at radius 3 is 2.41 bits per heavy atom. The van der Waals surface area contributed by atoms with Gasteiger partial charge in [0.15, 0.2) is 11.5 Å². The molecule has 1 atom stereocenters. The third-order valence-corrected chi connectivity index (χ3v) is 7.39. The van der Waals surface area contributed by atoms with Crippen molar-refractivity contribution in [3.8, 4) is 17.2 Å². The molecule has 0 fully saturated rings. The fraction of sp³-hybridized carbons (Fsp3) is 0.240. The summed E-state index contributed by atoms with van der Waals surface area (Å²) in [4.78, 5) is 12.9. The molecule has 0 bridgehead atoms. The molecule has 0 aromatic heterocycles. The van der Waals surface area contributed by atoms with Gasteiger partial charge in [0, 0.05) is 12.6 Å². The summed E-state index contributed by atoms with van der Waals surface area (Å²) < 4.78 is 43.8. The van der Waals surface area contributed by atoms with E-state index in [1.807, 2.05) is 25.1 Å². The summed E-state index contributed by atoms with van der Waals surface area (Å²) in [6.07, 6.45) is 0. The Balaban J connectivity index is 1.51. The van der Waals surface area contributed by atoms with Gasteiger partial charge in [-0.05, 0) is 67.1 Å². The average Bonchev–Trinajstić information content (AvgIpc) is 2.88. The Hall–Kier alpha value is -3.72. The lowest BCUT2D eigenvalue weighted by Gasteiger charge is -2.21. The van der Waals surface area contributed by atoms with Crippen LogP contribution in [-0.2, 0) is 10.0 Å². The number of methoxy groups -OCH3 is 1. The molecule has 1 N–H and O–H groups in total. The van der Waals surface area contributed by atoms with Gasteiger partial charge >= 0.3 is 0 Å². The Bertz CT molecular complexity index is 1290. The molecule has 1 aliphatic heterocycles. The zero-order valence-electron chi connectivity index (χ0n) is 19.1. The van der Waals surface area contributed by atoms with Crippen LogP contribution in [0.5, 0.6) is 17.2 Å². The molecule has 1 aliphatic rings. The second-order valence-corrected chi connectivity index (χ2v) is 9.77. The van der Waals surface area contributed by atoms with E-state index in [-0.39, 0.29) is 22.4 Å². The van der Waals surface area contributed by atoms with Crippen LogP contribution in [0.4, 0.5) is 5.69 Å². The number of ether oxygens (including phenoxy) is 3. The average molecular weight is 483 g/mol. The van der Waals surface area contributed by atoms with Crippen molar-refractivity contribution in [3.63, 3.8) is 0 Å². The van der Waals surface area contributed by atoms with Gasteiger partial charge in [0.05, 0.1) is 23.7 Å². The molecule has 9 heteroatoms. The predicted molar refractivity (Wildman–Crippen MR) is 128 cm³/mol. The van der Waals surface area contributed by atoms with Crippen molar-refractivity contribution in [1.29, 1.82) is 0 Å². The molecule has 0 saturated carbocycles. The molecule has 3 aromatic carbocycles. The van der Waals surface area contributed by atoms with E-state index in [4.69, 9.17) is 14.2 Å². The summed E-state index contributed by atoms with van der Waals surface area (Å²) in [5.74, 6) is 1.55. The SMILES string of the molecule is COc1ccc(N(C)S(=O)(=O)c2cccc(C(=O)NC(C)c3ccc4c(c3)OCCO4)c2)cc1. The first kappa shape index (κ1) is 23.4. The Labute approximate surface area is 199 Å². The van der Waals surface area contributed by atoms with Crippen LogP contribution in [0.3, 0.4) is 0 Å². The molecule has 178 valence electrons. The molecule has 0 spiro atoms. The number of hydrogen-bond donors (Lipinski definition) is 1. The van der Waals surface area contributed by atoms with Gasteiger partial charge < -0.3 is 19.5 Å². The Morgan fingerprint density at radius 1 is 1.00 bits per heavy atom. The number of nitrogens with zero attached hydrogens (tertiary/aromatic N) is 1. The number of sulfonamides is 1. The summed E-state index contributed by atoms with van der Waals surface area (Å²) >= 11 is 0. The summed E-state index contributed by atoms with van der Waals surface area (Å²) in [7, 11) is -0.868. The highest BCUT2D eigenvalue weighted by molar-refractivity contribution is 7.92. The quantitative estimate of drug-likeness (QED) is 0.551. The highest BCUT2D eigenvalue weighted by Crippen LogP contribution is 2.32. The van der Waals surface area contributed by atoms with E-state index in [0.29, 0.717) is 36.1 Å². The zero-order valence-corrected chi connectivity index (χ0v) is 20.0. The number of anilines is 1. The van der Waals surface area contributed by atoms with Crippen LogP contribution in [0.1, 0.15) is 28.9 Å². The summed E-state index contributed by atoms with van der Waals surface area (Å²) in [5, 5.41) is 2.91. The summed E-state index contributed by atoms with van der Waals surface area (Å²) in [6, 6.07) is 17.8. The molecular formula is C25H26N2O6S. The van der Waals surface area contributed by atoms with Crippen LogP contribution in [-0.4, -0.2) is 41.7 Å². The van der Waals surface area contributed by atoms with Crippen LogP contribution in [0.2, 0.25) is 0 Å². The highest BCUT2D eigenvalue weighted by atomic mass is 32.2. The lowest BCUT2D eigenvalue weighted by atomic mass is 10.1. The minimum Gasteiger partial charge on any atom is -0.497 e. The molecule has 1 heterocycles. The van der Waals surface area contributed by atoms with Crippen LogP contribution in [0, 0.1) is 0 Å². The molecule has 4 rings (SSSR count). The minimum atomic E-state index is -3.88. The summed E-state index contributed by atoms with van der Waals surface area (Å²) in [5.41, 5.74) is 1.57. The topological polar surface area (TPSA) is 94.2 Å². The first-order valence-corrected chi connectivity index (χ1v) is 12.2. The highest BCUT2D eigenvalue weighted by Gasteiger charge is 2.23. The number of nitrogens with one attached hydrogen (secondary N) is 1. The van der Waals surface area contributed by atoms with Crippen molar-refractivity contribution in [2.75, 3.05) is 31.7 Å². The van der Waals surface area contributed by atoms with E-state index in [1.165, 1.54) is 23.5 Å². The van der Waals surface area contributed by atoms with Gasteiger partial charge in [-0.25, -0.2) is 8.42 Å². The maximum atomic E-state index is 13.2. The van der Waals surface area contributed by atoms with E-state index in [2.05, 4.69) is 5.32 Å². The number of amides is 1. The van der Waals surface area contributed by atoms with Crippen molar-refractivity contribution in [2.24, 2.45) is 0 Å². The van der Waals surface area contributed by atoms with Gasteiger partial charge in [-0.15, -0.1) is 0 Å². The van der Waals surface area contributed by atoms with Gasteiger partial charge in [-0.3, -0.25) is 9.10 Å². The van der Waals surface area contributed by atoms with Gasteiger partial charge in [0.1, 0.15) is 19.0 Å². The molecule has 0 radical (unpaired) electrons. The molecule has 1 unspecified atom stereocenters. The Kier molecular flexibility index (Phi) is 6.65. The second kappa shape index (κ2) is 9.64. The van der Waals surface area contributed by atoms with Crippen molar-refractivity contribution >= 4 is 21.6 Å². The van der Waals surface area contributed by atoms with Crippen molar-refractivity contribution in [2.45, 2.75) is 17.9 Å². The lowest BCUT2D eigenvalue weighted by Crippen LogP contribution is -2.28. The van der Waals surface area contributed by atoms with Gasteiger partial charge in [-0.2, -0.15) is 0 Å². The third kappa shape index (κ3) is 4.79. The Morgan fingerprint density at radius 2 is 1.71 bits per heavy atom. The molecule has 0 aliphatic carbocycles. The van der Waals surface area contributed by atoms with Crippen molar-refractivity contribution < 1.29 is 27.4 Å². The number of hydrogen-bond acceptors (Lipinski definition) is 6. The van der Waals surface area contributed by atoms with E-state index in [9.17, 15) is 13.2 Å². The summed E-state index contributed by atoms with van der Waals surface area (Å²) in [6.45, 7) is 2.83. The largest absolute Gasteiger partial charge is 0.497 e. The van der Waals surface area contributed by atoms with Crippen LogP contribution in [0.25, 0.3) is 0 Å². The van der Waals surface area contributed by atoms with E-state index >= 15 is 0 Å². The number of benzene rings is 3. The predicted octanol–water partition coefficient (Wildman–Crippen LogP) is 3.78. The van der Waals surface area contributed by atoms with Crippen LogP contribution in [0.15, 0.2) is 71.6 Å². The maximum absolute atomic E-state index is 13.2. The maximum Gasteiger partial charge on any atom is 0.264 e. The van der Waals surface area contributed by atoms with Crippen molar-refractivity contribution in [1.82, 2.24) is 5.32 Å². The van der Waals surface area contributed by atoms with E-state index in [0.717, 1.165) is 5.56 Å². The molecular weight excluding hydrogens is 456 g/mol. The first-order chi connectivity index (χ1) is 16.3. The fourth-order valence-corrected chi connectivity index (χ4v) is 4.82. The number of rotatable bonds is 7. The van der Waals surface area contributed by atoms with E-state index < -0.39 is 10.0 Å². The van der Waals surface area contributed by atoms with Gasteiger partial charge in [-0.1, -0.05) is 12.1 Å². The number of fused-ring (bicyclic) bond motifs is 1. The lowest BCUT2D eigenvalue weighted by molar-refractivity contribution is 0.0939. The smallest absolute Gasteiger partial charge is 0.264 e.